The molecule has 8 heteroatoms. The Morgan fingerprint density at radius 1 is 1.14 bits per heavy atom. The molecule has 0 N–H and O–H groups in total. The van der Waals surface area contributed by atoms with Crippen LogP contribution in [0.1, 0.15) is 24.0 Å². The number of amidine groups is 1. The van der Waals surface area contributed by atoms with Crippen molar-refractivity contribution in [3.05, 3.63) is 58.0 Å². The molecule has 2 aliphatic rings. The lowest BCUT2D eigenvalue weighted by atomic mass is 10.0. The summed E-state index contributed by atoms with van der Waals surface area (Å²) < 4.78 is 42.1. The number of hydrogen-bond acceptors (Lipinski definition) is 3. The van der Waals surface area contributed by atoms with Crippen molar-refractivity contribution in [3.8, 4) is 0 Å². The molecule has 0 bridgehead atoms. The number of anilines is 1. The fraction of sp³-hybridized carbons (Fsp3) is 0.400. The topological polar surface area (TPSA) is 31.7 Å². The van der Waals surface area contributed by atoms with Gasteiger partial charge in [-0.2, -0.15) is 0 Å². The van der Waals surface area contributed by atoms with Gasteiger partial charge in [-0.3, -0.25) is 4.99 Å². The third-order valence-corrected chi connectivity index (χ3v) is 5.73. The van der Waals surface area contributed by atoms with Crippen molar-refractivity contribution in [2.75, 3.05) is 31.6 Å². The van der Waals surface area contributed by atoms with Crippen LogP contribution in [-0.4, -0.2) is 47.9 Å². The van der Waals surface area contributed by atoms with E-state index in [1.165, 1.54) is 6.07 Å². The van der Waals surface area contributed by atoms with Crippen LogP contribution >= 0.6 is 11.6 Å². The SMILES string of the molecule is CN=C(c1c(C)cc(Cl)cc1F)N1CCN(c2ncc(F)cc2F)CC12CC2. The van der Waals surface area contributed by atoms with Gasteiger partial charge in [0, 0.05) is 37.8 Å². The average molecular weight is 409 g/mol. The number of piperazine rings is 1. The van der Waals surface area contributed by atoms with Gasteiger partial charge in [-0.15, -0.1) is 0 Å². The number of benzene rings is 1. The van der Waals surface area contributed by atoms with E-state index in [2.05, 4.69) is 14.9 Å². The van der Waals surface area contributed by atoms with Crippen molar-refractivity contribution in [2.45, 2.75) is 25.3 Å². The summed E-state index contributed by atoms with van der Waals surface area (Å²) >= 11 is 5.97. The molecule has 0 amide bonds. The minimum atomic E-state index is -0.699. The smallest absolute Gasteiger partial charge is 0.168 e. The molecule has 2 fully saturated rings. The predicted octanol–water partition coefficient (Wildman–Crippen LogP) is 4.19. The first kappa shape index (κ1) is 19.1. The lowest BCUT2D eigenvalue weighted by Gasteiger charge is -2.44. The third kappa shape index (κ3) is 3.21. The monoisotopic (exact) mass is 408 g/mol. The van der Waals surface area contributed by atoms with Crippen molar-refractivity contribution in [3.63, 3.8) is 0 Å². The van der Waals surface area contributed by atoms with Gasteiger partial charge in [-0.25, -0.2) is 18.2 Å². The van der Waals surface area contributed by atoms with Gasteiger partial charge >= 0.3 is 0 Å². The molecule has 4 nitrogen and oxygen atoms in total. The number of hydrogen-bond donors (Lipinski definition) is 0. The Hall–Kier alpha value is -2.28. The summed E-state index contributed by atoms with van der Waals surface area (Å²) in [5.74, 6) is -1.05. The van der Waals surface area contributed by atoms with Crippen molar-refractivity contribution in [1.82, 2.24) is 9.88 Å². The number of nitrogens with zero attached hydrogens (tertiary/aromatic N) is 4. The van der Waals surface area contributed by atoms with Crippen LogP contribution in [0.3, 0.4) is 0 Å². The minimum absolute atomic E-state index is 0.149. The highest BCUT2D eigenvalue weighted by Crippen LogP contribution is 2.46. The quantitative estimate of drug-likeness (QED) is 0.551. The molecule has 0 radical (unpaired) electrons. The van der Waals surface area contributed by atoms with Gasteiger partial charge in [0.15, 0.2) is 11.6 Å². The van der Waals surface area contributed by atoms with Gasteiger partial charge < -0.3 is 9.80 Å². The molecule has 1 aromatic carbocycles. The summed E-state index contributed by atoms with van der Waals surface area (Å²) in [6.45, 7) is 3.34. The zero-order valence-corrected chi connectivity index (χ0v) is 16.4. The molecule has 1 saturated heterocycles. The van der Waals surface area contributed by atoms with E-state index < -0.39 is 17.5 Å². The van der Waals surface area contributed by atoms with Crippen LogP contribution in [0.15, 0.2) is 29.4 Å². The maximum absolute atomic E-state index is 14.7. The summed E-state index contributed by atoms with van der Waals surface area (Å²) in [5, 5.41) is 0.345. The molecule has 2 heterocycles. The molecule has 1 aromatic heterocycles. The van der Waals surface area contributed by atoms with Crippen molar-refractivity contribution < 1.29 is 13.2 Å². The van der Waals surface area contributed by atoms with Crippen LogP contribution in [0.4, 0.5) is 19.0 Å². The number of aromatic nitrogens is 1. The Bertz CT molecular complexity index is 935. The third-order valence-electron chi connectivity index (χ3n) is 5.51. The lowest BCUT2D eigenvalue weighted by molar-refractivity contribution is 0.258. The van der Waals surface area contributed by atoms with E-state index in [1.807, 2.05) is 11.8 Å². The normalized spacial score (nSPS) is 18.7. The van der Waals surface area contributed by atoms with Gasteiger partial charge in [0.25, 0.3) is 0 Å². The molecule has 1 spiro atoms. The van der Waals surface area contributed by atoms with Gasteiger partial charge in [-0.05, 0) is 37.5 Å². The molecule has 0 atom stereocenters. The Morgan fingerprint density at radius 2 is 1.89 bits per heavy atom. The molecule has 2 aromatic rings. The van der Waals surface area contributed by atoms with E-state index >= 15 is 0 Å². The molecular formula is C20H20ClF3N4. The van der Waals surface area contributed by atoms with Crippen LogP contribution in [-0.2, 0) is 0 Å². The first-order chi connectivity index (χ1) is 13.3. The second kappa shape index (κ2) is 6.95. The standard InChI is InChI=1S/C20H20ClF3N4/c1-12-7-13(21)8-15(23)17(12)19(25-2)28-6-5-27(11-20(28)3-4-20)18-16(24)9-14(22)10-26-18/h7-10H,3-6,11H2,1-2H3. The Balaban J connectivity index is 1.64. The van der Waals surface area contributed by atoms with E-state index in [1.54, 1.807) is 13.1 Å². The molecule has 4 rings (SSSR count). The predicted molar refractivity (Wildman–Crippen MR) is 104 cm³/mol. The summed E-state index contributed by atoms with van der Waals surface area (Å²) in [7, 11) is 1.65. The van der Waals surface area contributed by atoms with Crippen molar-refractivity contribution >= 4 is 23.3 Å². The van der Waals surface area contributed by atoms with Crippen LogP contribution < -0.4 is 4.90 Å². The first-order valence-electron chi connectivity index (χ1n) is 9.11. The number of aryl methyl sites for hydroxylation is 1. The molecule has 1 aliphatic heterocycles. The lowest BCUT2D eigenvalue weighted by Crippen LogP contribution is -2.57. The minimum Gasteiger partial charge on any atom is -0.350 e. The van der Waals surface area contributed by atoms with Crippen LogP contribution in [0.5, 0.6) is 0 Å². The number of rotatable bonds is 2. The number of aliphatic imine (C=N–C) groups is 1. The fourth-order valence-electron chi connectivity index (χ4n) is 4.05. The Labute approximate surface area is 166 Å². The molecule has 0 unspecified atom stereocenters. The van der Waals surface area contributed by atoms with Gasteiger partial charge in [-0.1, -0.05) is 11.6 Å². The zero-order chi connectivity index (χ0) is 20.1. The van der Waals surface area contributed by atoms with E-state index in [4.69, 9.17) is 11.6 Å². The van der Waals surface area contributed by atoms with Crippen molar-refractivity contribution in [1.29, 1.82) is 0 Å². The van der Waals surface area contributed by atoms with E-state index in [0.29, 0.717) is 36.1 Å². The molecular weight excluding hydrogens is 389 g/mol. The second-order valence-electron chi connectivity index (χ2n) is 7.38. The van der Waals surface area contributed by atoms with Crippen molar-refractivity contribution in [2.24, 2.45) is 4.99 Å². The Morgan fingerprint density at radius 3 is 2.50 bits per heavy atom. The molecule has 1 aliphatic carbocycles. The highest BCUT2D eigenvalue weighted by molar-refractivity contribution is 6.30. The summed E-state index contributed by atoms with van der Waals surface area (Å²) in [6, 6.07) is 3.86. The maximum Gasteiger partial charge on any atom is 0.168 e. The number of halogens is 4. The van der Waals surface area contributed by atoms with Crippen LogP contribution in [0.25, 0.3) is 0 Å². The molecule has 148 valence electrons. The zero-order valence-electron chi connectivity index (χ0n) is 15.6. The Kier molecular flexibility index (Phi) is 4.73. The fourth-order valence-corrected chi connectivity index (χ4v) is 4.31. The second-order valence-corrected chi connectivity index (χ2v) is 7.82. The summed E-state index contributed by atoms with van der Waals surface area (Å²) in [4.78, 5) is 12.3. The highest BCUT2D eigenvalue weighted by Gasteiger charge is 2.53. The van der Waals surface area contributed by atoms with Gasteiger partial charge in [0.1, 0.15) is 17.5 Å². The largest absolute Gasteiger partial charge is 0.350 e. The van der Waals surface area contributed by atoms with E-state index in [-0.39, 0.29) is 11.4 Å². The van der Waals surface area contributed by atoms with Gasteiger partial charge in [0.2, 0.25) is 0 Å². The van der Waals surface area contributed by atoms with Gasteiger partial charge in [0.05, 0.1) is 17.3 Å². The molecule has 28 heavy (non-hydrogen) atoms. The first-order valence-corrected chi connectivity index (χ1v) is 9.49. The maximum atomic E-state index is 14.7. The summed E-state index contributed by atoms with van der Waals surface area (Å²) in [5.41, 5.74) is 0.904. The van der Waals surface area contributed by atoms with Crippen LogP contribution in [0, 0.1) is 24.4 Å². The van der Waals surface area contributed by atoms with Crippen LogP contribution in [0.2, 0.25) is 5.02 Å². The number of pyridine rings is 1. The highest BCUT2D eigenvalue weighted by atomic mass is 35.5. The average Bonchev–Trinajstić information content (AvgIpc) is 3.38. The molecule has 1 saturated carbocycles. The summed E-state index contributed by atoms with van der Waals surface area (Å²) in [6.07, 6.45) is 2.80. The van der Waals surface area contributed by atoms with E-state index in [0.717, 1.165) is 30.7 Å². The van der Waals surface area contributed by atoms with E-state index in [9.17, 15) is 13.2 Å².